The first-order valence-corrected chi connectivity index (χ1v) is 15.0. The number of methoxy groups -OCH3 is 3. The molecular weight excluding hydrogens is 584 g/mol. The molecule has 0 unspecified atom stereocenters. The van der Waals surface area contributed by atoms with Crippen molar-refractivity contribution in [3.63, 3.8) is 0 Å². The summed E-state index contributed by atoms with van der Waals surface area (Å²) < 4.78 is 32.3. The minimum absolute atomic E-state index is 0.0393. The van der Waals surface area contributed by atoms with Crippen LogP contribution >= 0.6 is 12.2 Å². The zero-order valence-corrected chi connectivity index (χ0v) is 27.0. The summed E-state index contributed by atoms with van der Waals surface area (Å²) >= 11 is 5.27. The molecule has 0 rings (SSSR count). The highest BCUT2D eigenvalue weighted by atomic mass is 32.1. The topological polar surface area (TPSA) is 172 Å². The highest BCUT2D eigenvalue weighted by molar-refractivity contribution is 7.80. The van der Waals surface area contributed by atoms with Crippen molar-refractivity contribution in [2.75, 3.05) is 100 Å². The molecule has 4 N–H and O–H groups in total. The number of nitrogens with one attached hydrogen (secondary N) is 4. The fourth-order valence-corrected chi connectivity index (χ4v) is 3.56. The molecule has 0 aromatic heterocycles. The third kappa shape index (κ3) is 23.8. The van der Waals surface area contributed by atoms with Crippen LogP contribution in [0, 0.1) is 0 Å². The number of hydrogen-bond donors (Lipinski definition) is 4. The minimum atomic E-state index is -1.16. The summed E-state index contributed by atoms with van der Waals surface area (Å²) in [5.41, 5.74) is -1.16. The van der Waals surface area contributed by atoms with E-state index in [1.807, 2.05) is 6.92 Å². The maximum Gasteiger partial charge on any atom is 0.222 e. The van der Waals surface area contributed by atoms with Crippen LogP contribution in [-0.2, 0) is 47.6 Å². The number of rotatable bonds is 29. The van der Waals surface area contributed by atoms with Crippen LogP contribution in [0.2, 0.25) is 0 Å². The summed E-state index contributed by atoms with van der Waals surface area (Å²) in [4.78, 5) is 50.0. The quantitative estimate of drug-likeness (QED) is 0.0639. The molecule has 0 heterocycles. The van der Waals surface area contributed by atoms with Crippen LogP contribution in [0.1, 0.15) is 45.4 Å². The van der Waals surface area contributed by atoms with E-state index >= 15 is 0 Å². The molecule has 250 valence electrons. The van der Waals surface area contributed by atoms with E-state index in [4.69, 9.17) is 40.6 Å². The Kier molecular flexibility index (Phi) is 25.9. The van der Waals surface area contributed by atoms with Crippen LogP contribution in [0.25, 0.3) is 0 Å². The lowest BCUT2D eigenvalue weighted by atomic mass is 10.0. The lowest BCUT2D eigenvalue weighted by Gasteiger charge is -2.34. The van der Waals surface area contributed by atoms with Gasteiger partial charge in [-0.15, -0.1) is 0 Å². The molecule has 0 fully saturated rings. The van der Waals surface area contributed by atoms with E-state index in [2.05, 4.69) is 21.3 Å². The summed E-state index contributed by atoms with van der Waals surface area (Å²) in [6.07, 6.45) is 1.60. The van der Waals surface area contributed by atoms with Crippen molar-refractivity contribution in [2.24, 2.45) is 0 Å². The van der Waals surface area contributed by atoms with Crippen LogP contribution in [0.3, 0.4) is 0 Å². The van der Waals surface area contributed by atoms with Gasteiger partial charge in [-0.1, -0.05) is 19.1 Å². The van der Waals surface area contributed by atoms with Crippen molar-refractivity contribution < 1.29 is 47.6 Å². The van der Waals surface area contributed by atoms with Crippen LogP contribution < -0.4 is 21.3 Å². The van der Waals surface area contributed by atoms with Gasteiger partial charge in [0.2, 0.25) is 23.6 Å². The normalized spacial score (nSPS) is 11.2. The molecule has 0 aromatic carbocycles. The van der Waals surface area contributed by atoms with E-state index < -0.39 is 5.54 Å². The maximum atomic E-state index is 13.0. The number of carbonyl (C=O) groups is 4. The fraction of sp³-hybridized carbons (Fsp3) is 0.821. The van der Waals surface area contributed by atoms with Gasteiger partial charge in [-0.2, -0.15) is 0 Å². The standard InChI is InChI=1S/C28H52N4O10S/c1-5-23(43)6-7-27(36)32-28(20-40-14-8-24(33)29-11-17-37-2,21-41-15-9-25(34)30-12-18-38-3)22-42-16-10-26(35)31-13-19-39-4/h5-22H2,1-4H3,(H,29,33)(H,30,34)(H,31,35)(H,32,36). The molecular formula is C28H52N4O10S. The van der Waals surface area contributed by atoms with Gasteiger partial charge in [-0.3, -0.25) is 19.2 Å². The van der Waals surface area contributed by atoms with Gasteiger partial charge in [-0.25, -0.2) is 0 Å². The van der Waals surface area contributed by atoms with Gasteiger partial charge < -0.3 is 49.7 Å². The first-order valence-electron chi connectivity index (χ1n) is 14.5. The van der Waals surface area contributed by atoms with Gasteiger partial charge in [0.05, 0.1) is 59.5 Å². The lowest BCUT2D eigenvalue weighted by Crippen LogP contribution is -2.58. The Morgan fingerprint density at radius 3 is 1.26 bits per heavy atom. The molecule has 0 aliphatic carbocycles. The second kappa shape index (κ2) is 27.3. The fourth-order valence-electron chi connectivity index (χ4n) is 3.46. The predicted molar refractivity (Wildman–Crippen MR) is 164 cm³/mol. The minimum Gasteiger partial charge on any atom is -0.383 e. The van der Waals surface area contributed by atoms with E-state index in [0.29, 0.717) is 52.3 Å². The first kappa shape index (κ1) is 40.7. The largest absolute Gasteiger partial charge is 0.383 e. The zero-order chi connectivity index (χ0) is 32.2. The Balaban J connectivity index is 5.38. The average molecular weight is 637 g/mol. The Morgan fingerprint density at radius 1 is 0.558 bits per heavy atom. The monoisotopic (exact) mass is 636 g/mol. The van der Waals surface area contributed by atoms with E-state index in [-0.39, 0.29) is 89.0 Å². The second-order valence-electron chi connectivity index (χ2n) is 9.66. The molecule has 0 saturated carbocycles. The number of carbonyl (C=O) groups excluding carboxylic acids is 4. The molecule has 0 aliphatic heterocycles. The molecule has 0 saturated heterocycles. The van der Waals surface area contributed by atoms with Crippen molar-refractivity contribution in [2.45, 2.75) is 51.0 Å². The number of thiocarbonyl (C=S) groups is 1. The molecule has 0 spiro atoms. The average Bonchev–Trinajstić information content (AvgIpc) is 2.99. The van der Waals surface area contributed by atoms with Gasteiger partial charge >= 0.3 is 0 Å². The van der Waals surface area contributed by atoms with Crippen molar-refractivity contribution in [1.82, 2.24) is 21.3 Å². The van der Waals surface area contributed by atoms with Gasteiger partial charge in [0.25, 0.3) is 0 Å². The molecule has 0 aromatic rings. The first-order chi connectivity index (χ1) is 20.7. The molecule has 0 bridgehead atoms. The van der Waals surface area contributed by atoms with E-state index in [0.717, 1.165) is 4.86 Å². The summed E-state index contributed by atoms with van der Waals surface area (Å²) in [5.74, 6) is -0.887. The molecule has 43 heavy (non-hydrogen) atoms. The molecule has 0 radical (unpaired) electrons. The zero-order valence-electron chi connectivity index (χ0n) is 26.2. The summed E-state index contributed by atoms with van der Waals surface area (Å²) in [6.45, 7) is 4.40. The van der Waals surface area contributed by atoms with Crippen LogP contribution in [-0.4, -0.2) is 134 Å². The van der Waals surface area contributed by atoms with Gasteiger partial charge in [0, 0.05) is 66.6 Å². The van der Waals surface area contributed by atoms with Crippen LogP contribution in [0.15, 0.2) is 0 Å². The lowest BCUT2D eigenvalue weighted by molar-refractivity contribution is -0.130. The third-order valence-electron chi connectivity index (χ3n) is 5.87. The Morgan fingerprint density at radius 2 is 0.930 bits per heavy atom. The highest BCUT2D eigenvalue weighted by Gasteiger charge is 2.34. The third-order valence-corrected chi connectivity index (χ3v) is 6.36. The van der Waals surface area contributed by atoms with Gasteiger partial charge in [-0.05, 0) is 17.7 Å². The SMILES string of the molecule is CCC(=S)CCC(=O)NC(COCCC(=O)NCCOC)(COCCC(=O)NCCOC)COCCC(=O)NCCOC. The molecule has 4 amide bonds. The van der Waals surface area contributed by atoms with E-state index in [1.54, 1.807) is 21.3 Å². The van der Waals surface area contributed by atoms with Crippen LogP contribution in [0.5, 0.6) is 0 Å². The maximum absolute atomic E-state index is 13.0. The number of amides is 4. The van der Waals surface area contributed by atoms with Gasteiger partial charge in [0.15, 0.2) is 0 Å². The predicted octanol–water partition coefficient (Wildman–Crippen LogP) is -0.0906. The molecule has 15 heteroatoms. The van der Waals surface area contributed by atoms with Crippen molar-refractivity contribution >= 4 is 40.7 Å². The summed E-state index contributed by atoms with van der Waals surface area (Å²) in [6, 6.07) is 0. The van der Waals surface area contributed by atoms with Gasteiger partial charge in [0.1, 0.15) is 5.54 Å². The van der Waals surface area contributed by atoms with E-state index in [1.165, 1.54) is 0 Å². The highest BCUT2D eigenvalue weighted by Crippen LogP contribution is 2.12. The smallest absolute Gasteiger partial charge is 0.222 e. The molecule has 14 nitrogen and oxygen atoms in total. The second-order valence-corrected chi connectivity index (χ2v) is 10.2. The summed E-state index contributed by atoms with van der Waals surface area (Å²) in [5, 5.41) is 11.1. The molecule has 0 atom stereocenters. The number of ether oxygens (including phenoxy) is 6. The van der Waals surface area contributed by atoms with E-state index in [9.17, 15) is 19.2 Å². The Hall–Kier alpha value is -2.27. The van der Waals surface area contributed by atoms with Crippen molar-refractivity contribution in [3.05, 3.63) is 0 Å². The van der Waals surface area contributed by atoms with Crippen LogP contribution in [0.4, 0.5) is 0 Å². The Bertz CT molecular complexity index is 729. The molecule has 0 aliphatic rings. The number of hydrogen-bond acceptors (Lipinski definition) is 11. The Labute approximate surface area is 260 Å². The summed E-state index contributed by atoms with van der Waals surface area (Å²) in [7, 11) is 4.64. The van der Waals surface area contributed by atoms with Crippen molar-refractivity contribution in [1.29, 1.82) is 0 Å². The van der Waals surface area contributed by atoms with Crippen molar-refractivity contribution in [3.8, 4) is 0 Å².